The fraction of sp³-hybridized carbons (Fsp3) is 0.842. The van der Waals surface area contributed by atoms with Gasteiger partial charge in [-0.1, -0.05) is 11.9 Å². The molecule has 4 rings (SSSR count). The summed E-state index contributed by atoms with van der Waals surface area (Å²) in [5.41, 5.74) is 1.05. The van der Waals surface area contributed by atoms with Crippen LogP contribution in [0.4, 0.5) is 0 Å². The summed E-state index contributed by atoms with van der Waals surface area (Å²) in [4.78, 5) is 6.74. The Bertz CT molecular complexity index is 550. The van der Waals surface area contributed by atoms with E-state index in [-0.39, 0.29) is 6.10 Å². The smallest absolute Gasteiger partial charge is 0.219 e. The lowest BCUT2D eigenvalue weighted by Gasteiger charge is -2.35. The predicted octanol–water partition coefficient (Wildman–Crippen LogP) is 2.58. The Morgan fingerprint density at radius 1 is 1.00 bits per heavy atom. The number of nitrogens with one attached hydrogen (secondary N) is 1. The number of rotatable bonds is 5. The minimum atomic E-state index is 0.275. The number of hydrogen-bond donors (Lipinski definition) is 1. The Kier molecular flexibility index (Phi) is 5.96. The van der Waals surface area contributed by atoms with Gasteiger partial charge in [-0.2, -0.15) is 0 Å². The van der Waals surface area contributed by atoms with E-state index in [1.54, 1.807) is 0 Å². The van der Waals surface area contributed by atoms with Crippen molar-refractivity contribution < 1.29 is 9.47 Å². The van der Waals surface area contributed by atoms with E-state index in [4.69, 9.17) is 9.47 Å². The number of piperidine rings is 2. The minimum absolute atomic E-state index is 0.275. The minimum Gasteiger partial charge on any atom is -0.475 e. The first-order valence-electron chi connectivity index (χ1n) is 10.1. The van der Waals surface area contributed by atoms with Crippen LogP contribution in [0.5, 0.6) is 0 Å². The second-order valence-electron chi connectivity index (χ2n) is 7.85. The van der Waals surface area contributed by atoms with E-state index in [0.29, 0.717) is 12.8 Å². The number of aliphatic imine (C=N–C) groups is 1. The van der Waals surface area contributed by atoms with Crippen molar-refractivity contribution in [3.8, 4) is 0 Å². The standard InChI is InChI=1S/C19H32N4O2S/c1-14-18(24-15-5-9-20-10-6-15)21-13-22(2)19(14)25-16-7-11-23(12-8-16)26-17-3-4-17/h15-17,20H,3-13H2,1-2H3. The highest BCUT2D eigenvalue weighted by atomic mass is 32.2. The summed E-state index contributed by atoms with van der Waals surface area (Å²) in [5.74, 6) is 1.74. The maximum Gasteiger partial charge on any atom is 0.219 e. The number of ether oxygens (including phenoxy) is 2. The van der Waals surface area contributed by atoms with Gasteiger partial charge in [-0.25, -0.2) is 4.99 Å². The summed E-state index contributed by atoms with van der Waals surface area (Å²) in [6.07, 6.45) is 7.69. The SMILES string of the molecule is CC1=C(OC2CCN(SC3CC3)CC2)N(C)CN=C1OC1CCNCC1. The zero-order valence-electron chi connectivity index (χ0n) is 16.1. The van der Waals surface area contributed by atoms with Crippen molar-refractivity contribution in [2.75, 3.05) is 39.9 Å². The first-order valence-corrected chi connectivity index (χ1v) is 11.0. The summed E-state index contributed by atoms with van der Waals surface area (Å²) in [5, 5.41) is 4.28. The fourth-order valence-corrected chi connectivity index (χ4v) is 4.89. The van der Waals surface area contributed by atoms with E-state index >= 15 is 0 Å². The van der Waals surface area contributed by atoms with Crippen LogP contribution >= 0.6 is 11.9 Å². The van der Waals surface area contributed by atoms with Gasteiger partial charge in [0.2, 0.25) is 5.90 Å². The maximum absolute atomic E-state index is 6.44. The molecule has 7 heteroatoms. The van der Waals surface area contributed by atoms with E-state index in [0.717, 1.165) is 74.5 Å². The molecule has 0 aromatic heterocycles. The van der Waals surface area contributed by atoms with Crippen molar-refractivity contribution in [2.24, 2.45) is 4.99 Å². The summed E-state index contributed by atoms with van der Waals surface area (Å²) in [7, 11) is 2.06. The molecule has 26 heavy (non-hydrogen) atoms. The lowest BCUT2D eigenvalue weighted by molar-refractivity contribution is 0.0267. The van der Waals surface area contributed by atoms with Gasteiger partial charge in [0.15, 0.2) is 5.88 Å². The first-order chi connectivity index (χ1) is 12.7. The predicted molar refractivity (Wildman–Crippen MR) is 106 cm³/mol. The van der Waals surface area contributed by atoms with Crippen LogP contribution in [0.1, 0.15) is 45.4 Å². The molecule has 1 saturated carbocycles. The zero-order chi connectivity index (χ0) is 17.9. The summed E-state index contributed by atoms with van der Waals surface area (Å²) in [6, 6.07) is 0. The van der Waals surface area contributed by atoms with Crippen LogP contribution in [0.15, 0.2) is 16.4 Å². The molecule has 0 radical (unpaired) electrons. The van der Waals surface area contributed by atoms with E-state index in [1.165, 1.54) is 12.8 Å². The second-order valence-corrected chi connectivity index (χ2v) is 9.24. The van der Waals surface area contributed by atoms with E-state index in [1.807, 2.05) is 0 Å². The van der Waals surface area contributed by atoms with Crippen molar-refractivity contribution in [1.29, 1.82) is 0 Å². The number of nitrogens with zero attached hydrogens (tertiary/aromatic N) is 3. The van der Waals surface area contributed by atoms with Gasteiger partial charge < -0.3 is 19.7 Å². The van der Waals surface area contributed by atoms with Crippen molar-refractivity contribution in [2.45, 2.75) is 62.9 Å². The number of hydrogen-bond acceptors (Lipinski definition) is 7. The average molecular weight is 381 g/mol. The Morgan fingerprint density at radius 3 is 2.38 bits per heavy atom. The van der Waals surface area contributed by atoms with Gasteiger partial charge in [0.05, 0.1) is 5.57 Å². The Hall–Kier alpha value is -0.920. The molecular formula is C19H32N4O2S. The topological polar surface area (TPSA) is 49.3 Å². The molecule has 0 atom stereocenters. The molecule has 1 N–H and O–H groups in total. The van der Waals surface area contributed by atoms with Crippen LogP contribution in [-0.4, -0.2) is 72.5 Å². The van der Waals surface area contributed by atoms with Gasteiger partial charge in [-0.05, 0) is 58.5 Å². The van der Waals surface area contributed by atoms with Crippen molar-refractivity contribution in [1.82, 2.24) is 14.5 Å². The monoisotopic (exact) mass is 380 g/mol. The molecule has 3 fully saturated rings. The maximum atomic E-state index is 6.44. The molecule has 2 saturated heterocycles. The van der Waals surface area contributed by atoms with Crippen LogP contribution in [0.25, 0.3) is 0 Å². The van der Waals surface area contributed by atoms with Gasteiger partial charge in [0, 0.05) is 25.4 Å². The quantitative estimate of drug-likeness (QED) is 0.740. The van der Waals surface area contributed by atoms with Crippen molar-refractivity contribution >= 4 is 17.8 Å². The lowest BCUT2D eigenvalue weighted by Crippen LogP contribution is -2.38. The van der Waals surface area contributed by atoms with Crippen LogP contribution in [-0.2, 0) is 9.47 Å². The van der Waals surface area contributed by atoms with Crippen molar-refractivity contribution in [3.05, 3.63) is 11.5 Å². The molecule has 0 unspecified atom stereocenters. The molecule has 146 valence electrons. The third-order valence-electron chi connectivity index (χ3n) is 5.48. The Morgan fingerprint density at radius 2 is 1.69 bits per heavy atom. The summed E-state index contributed by atoms with van der Waals surface area (Å²) in [6.45, 7) is 7.03. The van der Waals surface area contributed by atoms with E-state index in [9.17, 15) is 0 Å². The lowest BCUT2D eigenvalue weighted by atomic mass is 10.1. The zero-order valence-corrected chi connectivity index (χ0v) is 16.9. The normalized spacial score (nSPS) is 26.8. The highest BCUT2D eigenvalue weighted by Gasteiger charge is 2.30. The molecule has 6 nitrogen and oxygen atoms in total. The summed E-state index contributed by atoms with van der Waals surface area (Å²) < 4.78 is 15.2. The van der Waals surface area contributed by atoms with Crippen LogP contribution in [0, 0.1) is 0 Å². The molecule has 0 spiro atoms. The van der Waals surface area contributed by atoms with Gasteiger partial charge in [-0.15, -0.1) is 0 Å². The van der Waals surface area contributed by atoms with E-state index < -0.39 is 0 Å². The molecule has 0 aromatic carbocycles. The van der Waals surface area contributed by atoms with Gasteiger partial charge in [0.25, 0.3) is 0 Å². The highest BCUT2D eigenvalue weighted by Crippen LogP contribution is 2.38. The van der Waals surface area contributed by atoms with Gasteiger partial charge >= 0.3 is 0 Å². The molecule has 3 heterocycles. The van der Waals surface area contributed by atoms with Crippen molar-refractivity contribution in [3.63, 3.8) is 0 Å². The third-order valence-corrected chi connectivity index (χ3v) is 6.91. The largest absolute Gasteiger partial charge is 0.475 e. The van der Waals surface area contributed by atoms with Crippen LogP contribution in [0.2, 0.25) is 0 Å². The molecule has 3 aliphatic heterocycles. The van der Waals surface area contributed by atoms with Gasteiger partial charge in [0.1, 0.15) is 18.9 Å². The Balaban J connectivity index is 1.33. The van der Waals surface area contributed by atoms with Crippen LogP contribution in [0.3, 0.4) is 0 Å². The van der Waals surface area contributed by atoms with Gasteiger partial charge in [-0.3, -0.25) is 4.31 Å². The average Bonchev–Trinajstić information content (AvgIpc) is 3.47. The molecule has 0 amide bonds. The second kappa shape index (κ2) is 8.40. The Labute approximate surface area is 161 Å². The third kappa shape index (κ3) is 4.67. The fourth-order valence-electron chi connectivity index (χ4n) is 3.70. The molecule has 1 aliphatic carbocycles. The van der Waals surface area contributed by atoms with Crippen LogP contribution < -0.4 is 5.32 Å². The highest BCUT2D eigenvalue weighted by molar-refractivity contribution is 7.97. The molecule has 0 aromatic rings. The molecule has 0 bridgehead atoms. The molecule has 4 aliphatic rings. The molecular weight excluding hydrogens is 348 g/mol. The van der Waals surface area contributed by atoms with E-state index in [2.05, 4.69) is 45.4 Å². The summed E-state index contributed by atoms with van der Waals surface area (Å²) >= 11 is 2.07. The first kappa shape index (κ1) is 18.4.